The Bertz CT molecular complexity index is 829. The van der Waals surface area contributed by atoms with E-state index in [0.29, 0.717) is 0 Å². The smallest absolute Gasteiger partial charge is 0.119 e. The zero-order valence-corrected chi connectivity index (χ0v) is 16.3. The van der Waals surface area contributed by atoms with Gasteiger partial charge in [0, 0.05) is 5.41 Å². The van der Waals surface area contributed by atoms with Gasteiger partial charge in [-0.2, -0.15) is 0 Å². The summed E-state index contributed by atoms with van der Waals surface area (Å²) >= 11 is 0. The summed E-state index contributed by atoms with van der Waals surface area (Å²) in [6.07, 6.45) is 8.13. The highest BCUT2D eigenvalue weighted by Gasteiger charge is 2.60. The maximum atomic E-state index is 5.67. The van der Waals surface area contributed by atoms with Crippen molar-refractivity contribution in [1.29, 1.82) is 0 Å². The number of rotatable bonds is 2. The third kappa shape index (κ3) is 2.02. The highest BCUT2D eigenvalue weighted by molar-refractivity contribution is 5.59. The van der Waals surface area contributed by atoms with Crippen molar-refractivity contribution in [2.24, 2.45) is 23.7 Å². The summed E-state index contributed by atoms with van der Waals surface area (Å²) in [4.78, 5) is 0. The summed E-state index contributed by atoms with van der Waals surface area (Å²) in [6.45, 7) is 0. The van der Waals surface area contributed by atoms with E-state index in [-0.39, 0.29) is 5.41 Å². The summed E-state index contributed by atoms with van der Waals surface area (Å²) in [5.41, 5.74) is 6.33. The minimum Gasteiger partial charge on any atom is -0.497 e. The van der Waals surface area contributed by atoms with Gasteiger partial charge in [0.1, 0.15) is 11.5 Å². The SMILES string of the molecule is COc1ccc2c(c1)C1(c3cc(OC)ccc3C2)C2CC3CC(C2)CC1C3. The zero-order chi connectivity index (χ0) is 18.2. The first-order chi connectivity index (χ1) is 13.2. The van der Waals surface area contributed by atoms with Crippen molar-refractivity contribution < 1.29 is 9.47 Å². The Hall–Kier alpha value is -1.96. The standard InChI is InChI=1S/C25H28O2/c1-26-21-5-3-17-12-18-4-6-22(27-2)14-24(18)25(23(17)13-21)19-8-15-7-16(10-19)11-20(25)9-15/h3-6,13-16,19-20H,7-12H2,1-2H3. The normalized spacial score (nSPS) is 31.5. The molecule has 0 heterocycles. The lowest BCUT2D eigenvalue weighted by molar-refractivity contribution is -0.0434. The molecule has 4 fully saturated rings. The zero-order valence-electron chi connectivity index (χ0n) is 16.3. The number of ether oxygens (including phenoxy) is 2. The summed E-state index contributed by atoms with van der Waals surface area (Å²) in [7, 11) is 3.59. The van der Waals surface area contributed by atoms with Crippen LogP contribution < -0.4 is 9.47 Å². The van der Waals surface area contributed by atoms with Crippen molar-refractivity contribution in [2.45, 2.75) is 43.9 Å². The highest BCUT2D eigenvalue weighted by Crippen LogP contribution is 2.67. The van der Waals surface area contributed by atoms with Crippen LogP contribution in [-0.2, 0) is 11.8 Å². The van der Waals surface area contributed by atoms with Crippen LogP contribution in [0.3, 0.4) is 0 Å². The van der Waals surface area contributed by atoms with Crippen molar-refractivity contribution in [3.63, 3.8) is 0 Å². The van der Waals surface area contributed by atoms with Crippen LogP contribution in [0.25, 0.3) is 0 Å². The fraction of sp³-hybridized carbons (Fsp3) is 0.520. The molecule has 140 valence electrons. The Labute approximate surface area is 161 Å². The van der Waals surface area contributed by atoms with E-state index in [0.717, 1.165) is 41.6 Å². The molecule has 2 aromatic carbocycles. The molecule has 2 nitrogen and oxygen atoms in total. The quantitative estimate of drug-likeness (QED) is 0.719. The molecule has 4 saturated carbocycles. The maximum Gasteiger partial charge on any atom is 0.119 e. The molecular formula is C25H28O2. The second-order valence-corrected chi connectivity index (χ2v) is 9.40. The van der Waals surface area contributed by atoms with E-state index in [1.807, 2.05) is 0 Å². The van der Waals surface area contributed by atoms with Crippen LogP contribution in [0, 0.1) is 23.7 Å². The first-order valence-electron chi connectivity index (χ1n) is 10.6. The summed E-state index contributed by atoms with van der Waals surface area (Å²) in [5.74, 6) is 5.48. The van der Waals surface area contributed by atoms with Crippen molar-refractivity contribution in [3.8, 4) is 11.5 Å². The lowest BCUT2D eigenvalue weighted by Crippen LogP contribution is -2.57. The molecule has 0 aliphatic heterocycles. The molecule has 0 aromatic heterocycles. The van der Waals surface area contributed by atoms with Crippen LogP contribution in [-0.4, -0.2) is 14.2 Å². The van der Waals surface area contributed by atoms with E-state index in [2.05, 4.69) is 36.4 Å². The molecule has 2 heteroatoms. The molecule has 0 radical (unpaired) electrons. The molecule has 0 unspecified atom stereocenters. The van der Waals surface area contributed by atoms with Gasteiger partial charge in [-0.3, -0.25) is 0 Å². The number of hydrogen-bond donors (Lipinski definition) is 0. The third-order valence-electron chi connectivity index (χ3n) is 8.33. The van der Waals surface area contributed by atoms with Crippen LogP contribution in [0.1, 0.15) is 54.4 Å². The van der Waals surface area contributed by atoms with Crippen LogP contribution in [0.15, 0.2) is 36.4 Å². The Morgan fingerprint density at radius 3 is 1.63 bits per heavy atom. The monoisotopic (exact) mass is 360 g/mol. The van der Waals surface area contributed by atoms with Crippen molar-refractivity contribution in [3.05, 3.63) is 58.7 Å². The van der Waals surface area contributed by atoms with E-state index >= 15 is 0 Å². The second-order valence-electron chi connectivity index (χ2n) is 9.40. The van der Waals surface area contributed by atoms with Crippen molar-refractivity contribution >= 4 is 0 Å². The molecule has 0 amide bonds. The first-order valence-corrected chi connectivity index (χ1v) is 10.6. The molecule has 5 aliphatic rings. The number of benzene rings is 2. The third-order valence-corrected chi connectivity index (χ3v) is 8.33. The Morgan fingerprint density at radius 2 is 1.19 bits per heavy atom. The minimum atomic E-state index is 0.166. The second kappa shape index (κ2) is 5.53. The van der Waals surface area contributed by atoms with E-state index in [1.165, 1.54) is 43.2 Å². The van der Waals surface area contributed by atoms with Crippen LogP contribution >= 0.6 is 0 Å². The number of hydrogen-bond acceptors (Lipinski definition) is 2. The number of methoxy groups -OCH3 is 2. The van der Waals surface area contributed by atoms with E-state index in [1.54, 1.807) is 25.3 Å². The molecular weight excluding hydrogens is 332 g/mol. The van der Waals surface area contributed by atoms with Crippen LogP contribution in [0.5, 0.6) is 11.5 Å². The lowest BCUT2D eigenvalue weighted by Gasteiger charge is -2.63. The Kier molecular flexibility index (Phi) is 3.28. The number of fused-ring (bicyclic) bond motifs is 2. The highest BCUT2D eigenvalue weighted by atomic mass is 16.5. The maximum absolute atomic E-state index is 5.67. The van der Waals surface area contributed by atoms with E-state index in [4.69, 9.17) is 9.47 Å². The average molecular weight is 360 g/mol. The van der Waals surface area contributed by atoms with Gasteiger partial charge in [-0.15, -0.1) is 0 Å². The molecule has 2 aromatic rings. The predicted octanol–water partition coefficient (Wildman–Crippen LogP) is 5.35. The molecule has 1 spiro atoms. The van der Waals surface area contributed by atoms with Gasteiger partial charge in [-0.1, -0.05) is 12.1 Å². The predicted molar refractivity (Wildman–Crippen MR) is 107 cm³/mol. The van der Waals surface area contributed by atoms with Gasteiger partial charge in [0.05, 0.1) is 14.2 Å². The molecule has 0 N–H and O–H groups in total. The Morgan fingerprint density at radius 1 is 0.704 bits per heavy atom. The molecule has 5 aliphatic carbocycles. The molecule has 4 bridgehead atoms. The van der Waals surface area contributed by atoms with Gasteiger partial charge in [-0.25, -0.2) is 0 Å². The van der Waals surface area contributed by atoms with Gasteiger partial charge in [-0.05, 0) is 109 Å². The van der Waals surface area contributed by atoms with Crippen molar-refractivity contribution in [1.82, 2.24) is 0 Å². The van der Waals surface area contributed by atoms with Gasteiger partial charge in [0.2, 0.25) is 0 Å². The molecule has 0 saturated heterocycles. The molecule has 0 atom stereocenters. The van der Waals surface area contributed by atoms with Crippen molar-refractivity contribution in [2.75, 3.05) is 14.2 Å². The summed E-state index contributed by atoms with van der Waals surface area (Å²) in [5, 5.41) is 0. The van der Waals surface area contributed by atoms with Gasteiger partial charge < -0.3 is 9.47 Å². The summed E-state index contributed by atoms with van der Waals surface area (Å²) in [6, 6.07) is 13.7. The van der Waals surface area contributed by atoms with Crippen LogP contribution in [0.2, 0.25) is 0 Å². The first kappa shape index (κ1) is 16.0. The Balaban J connectivity index is 1.64. The molecule has 7 rings (SSSR count). The van der Waals surface area contributed by atoms with Gasteiger partial charge in [0.15, 0.2) is 0 Å². The van der Waals surface area contributed by atoms with E-state index < -0.39 is 0 Å². The van der Waals surface area contributed by atoms with Crippen LogP contribution in [0.4, 0.5) is 0 Å². The van der Waals surface area contributed by atoms with E-state index in [9.17, 15) is 0 Å². The summed E-state index contributed by atoms with van der Waals surface area (Å²) < 4.78 is 11.3. The fourth-order valence-corrected chi connectivity index (χ4v) is 7.60. The van der Waals surface area contributed by atoms with Gasteiger partial charge >= 0.3 is 0 Å². The lowest BCUT2D eigenvalue weighted by atomic mass is 9.40. The minimum absolute atomic E-state index is 0.166. The molecule has 27 heavy (non-hydrogen) atoms. The fourth-order valence-electron chi connectivity index (χ4n) is 7.60. The largest absolute Gasteiger partial charge is 0.497 e. The average Bonchev–Trinajstić information content (AvgIpc) is 2.69. The topological polar surface area (TPSA) is 18.5 Å². The van der Waals surface area contributed by atoms with Gasteiger partial charge in [0.25, 0.3) is 0 Å².